The molecule has 4 nitrogen and oxygen atoms in total. The largest absolute Gasteiger partial charge is 0.367 e. The van der Waals surface area contributed by atoms with Crippen molar-refractivity contribution in [3.8, 4) is 0 Å². The Kier molecular flexibility index (Phi) is 2.11. The first-order chi connectivity index (χ1) is 7.77. The Morgan fingerprint density at radius 2 is 2.06 bits per heavy atom. The van der Waals surface area contributed by atoms with Gasteiger partial charge in [0, 0.05) is 25.1 Å². The van der Waals surface area contributed by atoms with Crippen molar-refractivity contribution in [3.63, 3.8) is 0 Å². The standard InChI is InChI=1S/C12H15N3O/c1-9-8-11-15(14(9)2)12(13-16-11)10-6-4-3-5-7-10/h3-7,9,11H,8H2,1-2H3/t9-,11+/m1/s1. The maximum atomic E-state index is 5.46. The Morgan fingerprint density at radius 3 is 2.81 bits per heavy atom. The molecule has 2 aliphatic heterocycles. The van der Waals surface area contributed by atoms with Crippen molar-refractivity contribution in [2.75, 3.05) is 7.05 Å². The van der Waals surface area contributed by atoms with Gasteiger partial charge in [0.15, 0.2) is 5.84 Å². The van der Waals surface area contributed by atoms with Crippen LogP contribution in [0.3, 0.4) is 0 Å². The van der Waals surface area contributed by atoms with E-state index in [-0.39, 0.29) is 6.23 Å². The van der Waals surface area contributed by atoms with Crippen molar-refractivity contribution >= 4 is 5.84 Å². The van der Waals surface area contributed by atoms with Crippen LogP contribution in [-0.4, -0.2) is 35.2 Å². The Morgan fingerprint density at radius 1 is 1.31 bits per heavy atom. The van der Waals surface area contributed by atoms with Gasteiger partial charge in [-0.25, -0.2) is 10.0 Å². The summed E-state index contributed by atoms with van der Waals surface area (Å²) in [6.45, 7) is 2.20. The quantitative estimate of drug-likeness (QED) is 0.716. The lowest BCUT2D eigenvalue weighted by Gasteiger charge is -2.26. The highest BCUT2D eigenvalue weighted by molar-refractivity contribution is 5.99. The number of hydrogen-bond acceptors (Lipinski definition) is 4. The fourth-order valence-corrected chi connectivity index (χ4v) is 2.26. The SMILES string of the molecule is C[C@@H]1C[C@@H]2ON=C(c3ccccc3)N2N1C. The van der Waals surface area contributed by atoms with E-state index in [2.05, 4.69) is 41.3 Å². The average molecular weight is 217 g/mol. The van der Waals surface area contributed by atoms with E-state index in [1.807, 2.05) is 18.2 Å². The lowest BCUT2D eigenvalue weighted by Crippen LogP contribution is -2.42. The van der Waals surface area contributed by atoms with Gasteiger partial charge in [-0.2, -0.15) is 0 Å². The monoisotopic (exact) mass is 217 g/mol. The number of benzene rings is 1. The molecule has 2 aliphatic rings. The van der Waals surface area contributed by atoms with E-state index in [0.29, 0.717) is 6.04 Å². The lowest BCUT2D eigenvalue weighted by atomic mass is 10.2. The van der Waals surface area contributed by atoms with E-state index in [1.165, 1.54) is 0 Å². The van der Waals surface area contributed by atoms with Gasteiger partial charge in [0.25, 0.3) is 0 Å². The fraction of sp³-hybridized carbons (Fsp3) is 0.417. The van der Waals surface area contributed by atoms with Gasteiger partial charge in [0.05, 0.1) is 0 Å². The smallest absolute Gasteiger partial charge is 0.216 e. The minimum absolute atomic E-state index is 0.0789. The highest BCUT2D eigenvalue weighted by atomic mass is 16.7. The summed E-state index contributed by atoms with van der Waals surface area (Å²) < 4.78 is 0. The molecule has 0 unspecified atom stereocenters. The molecule has 4 heteroatoms. The number of hydrazine groups is 1. The molecule has 3 rings (SSSR count). The predicted molar refractivity (Wildman–Crippen MR) is 61.5 cm³/mol. The number of amidine groups is 1. The van der Waals surface area contributed by atoms with E-state index in [1.54, 1.807) is 0 Å². The van der Waals surface area contributed by atoms with E-state index in [0.717, 1.165) is 17.8 Å². The molecule has 1 aromatic carbocycles. The van der Waals surface area contributed by atoms with Crippen molar-refractivity contribution in [2.45, 2.75) is 25.6 Å². The van der Waals surface area contributed by atoms with Crippen molar-refractivity contribution in [2.24, 2.45) is 5.16 Å². The summed E-state index contributed by atoms with van der Waals surface area (Å²) in [5.74, 6) is 0.914. The number of fused-ring (bicyclic) bond motifs is 1. The van der Waals surface area contributed by atoms with E-state index < -0.39 is 0 Å². The Balaban J connectivity index is 1.93. The predicted octanol–water partition coefficient (Wildman–Crippen LogP) is 1.65. The van der Waals surface area contributed by atoms with Crippen LogP contribution in [-0.2, 0) is 4.84 Å². The Hall–Kier alpha value is -1.55. The molecule has 0 saturated carbocycles. The molecule has 0 aromatic heterocycles. The highest BCUT2D eigenvalue weighted by Gasteiger charge is 2.42. The first-order valence-electron chi connectivity index (χ1n) is 5.58. The fourth-order valence-electron chi connectivity index (χ4n) is 2.26. The van der Waals surface area contributed by atoms with Crippen LogP contribution in [0.2, 0.25) is 0 Å². The van der Waals surface area contributed by atoms with E-state index >= 15 is 0 Å². The van der Waals surface area contributed by atoms with E-state index in [4.69, 9.17) is 4.84 Å². The second-order valence-corrected chi connectivity index (χ2v) is 4.34. The molecular formula is C12H15N3O. The minimum atomic E-state index is 0.0789. The van der Waals surface area contributed by atoms with Crippen molar-refractivity contribution < 1.29 is 4.84 Å². The van der Waals surface area contributed by atoms with Crippen LogP contribution in [0.4, 0.5) is 0 Å². The summed E-state index contributed by atoms with van der Waals surface area (Å²) >= 11 is 0. The number of nitrogens with zero attached hydrogens (tertiary/aromatic N) is 3. The van der Waals surface area contributed by atoms with Crippen LogP contribution in [0.1, 0.15) is 18.9 Å². The highest BCUT2D eigenvalue weighted by Crippen LogP contribution is 2.30. The van der Waals surface area contributed by atoms with Gasteiger partial charge in [-0.3, -0.25) is 0 Å². The van der Waals surface area contributed by atoms with Gasteiger partial charge in [0.2, 0.25) is 6.23 Å². The zero-order chi connectivity index (χ0) is 11.1. The second-order valence-electron chi connectivity index (χ2n) is 4.34. The molecule has 0 spiro atoms. The lowest BCUT2D eigenvalue weighted by molar-refractivity contribution is -0.0255. The molecule has 1 fully saturated rings. The second kappa shape index (κ2) is 3.49. The van der Waals surface area contributed by atoms with Crippen LogP contribution in [0.5, 0.6) is 0 Å². The molecule has 2 heterocycles. The summed E-state index contributed by atoms with van der Waals surface area (Å²) in [6.07, 6.45) is 1.08. The molecule has 0 radical (unpaired) electrons. The van der Waals surface area contributed by atoms with E-state index in [9.17, 15) is 0 Å². The van der Waals surface area contributed by atoms with Crippen LogP contribution >= 0.6 is 0 Å². The van der Waals surface area contributed by atoms with Crippen molar-refractivity contribution in [3.05, 3.63) is 35.9 Å². The summed E-state index contributed by atoms with van der Waals surface area (Å²) in [5, 5.41) is 8.51. The summed E-state index contributed by atoms with van der Waals surface area (Å²) in [4.78, 5) is 5.46. The van der Waals surface area contributed by atoms with Crippen LogP contribution in [0, 0.1) is 0 Å². The zero-order valence-electron chi connectivity index (χ0n) is 9.50. The zero-order valence-corrected chi connectivity index (χ0v) is 9.50. The van der Waals surface area contributed by atoms with Gasteiger partial charge in [0.1, 0.15) is 0 Å². The average Bonchev–Trinajstić information content (AvgIpc) is 2.83. The van der Waals surface area contributed by atoms with Gasteiger partial charge in [-0.1, -0.05) is 35.5 Å². The molecular weight excluding hydrogens is 202 g/mol. The van der Waals surface area contributed by atoms with Gasteiger partial charge < -0.3 is 4.84 Å². The summed E-state index contributed by atoms with van der Waals surface area (Å²) in [6, 6.07) is 10.7. The van der Waals surface area contributed by atoms with Crippen LogP contribution < -0.4 is 0 Å². The summed E-state index contributed by atoms with van der Waals surface area (Å²) in [5.41, 5.74) is 1.10. The maximum absolute atomic E-state index is 5.46. The molecule has 0 N–H and O–H groups in total. The number of oxime groups is 1. The molecule has 84 valence electrons. The van der Waals surface area contributed by atoms with Gasteiger partial charge in [-0.05, 0) is 6.92 Å². The molecule has 1 aromatic rings. The third kappa shape index (κ3) is 1.30. The summed E-state index contributed by atoms with van der Waals surface area (Å²) in [7, 11) is 2.08. The molecule has 0 aliphatic carbocycles. The Labute approximate surface area is 95.1 Å². The van der Waals surface area contributed by atoms with Gasteiger partial charge in [-0.15, -0.1) is 0 Å². The maximum Gasteiger partial charge on any atom is 0.216 e. The van der Waals surface area contributed by atoms with Crippen molar-refractivity contribution in [1.29, 1.82) is 0 Å². The topological polar surface area (TPSA) is 28.1 Å². The first-order valence-corrected chi connectivity index (χ1v) is 5.58. The van der Waals surface area contributed by atoms with Crippen LogP contribution in [0.25, 0.3) is 0 Å². The van der Waals surface area contributed by atoms with Crippen LogP contribution in [0.15, 0.2) is 35.5 Å². The minimum Gasteiger partial charge on any atom is -0.367 e. The molecule has 1 saturated heterocycles. The third-order valence-corrected chi connectivity index (χ3v) is 3.30. The third-order valence-electron chi connectivity index (χ3n) is 3.30. The number of hydrogen-bond donors (Lipinski definition) is 0. The van der Waals surface area contributed by atoms with Crippen molar-refractivity contribution in [1.82, 2.24) is 10.0 Å². The Bertz CT molecular complexity index is 418. The molecule has 2 atom stereocenters. The molecule has 0 bridgehead atoms. The first kappa shape index (κ1) is 9.66. The molecule has 0 amide bonds. The normalized spacial score (nSPS) is 28.9. The molecule has 16 heavy (non-hydrogen) atoms. The van der Waals surface area contributed by atoms with Gasteiger partial charge >= 0.3 is 0 Å². The number of rotatable bonds is 1.